The van der Waals surface area contributed by atoms with Crippen LogP contribution in [-0.4, -0.2) is 5.11 Å². The lowest BCUT2D eigenvalue weighted by Crippen LogP contribution is -2.05. The first-order valence-corrected chi connectivity index (χ1v) is 3.66. The molecule has 4 nitrogen and oxygen atoms in total. The number of aromatic hydroxyl groups is 1. The van der Waals surface area contributed by atoms with Gasteiger partial charge in [0.25, 0.3) is 0 Å². The van der Waals surface area contributed by atoms with Crippen LogP contribution in [0, 0.1) is 0 Å². The van der Waals surface area contributed by atoms with Crippen LogP contribution in [0.5, 0.6) is 11.5 Å². The summed E-state index contributed by atoms with van der Waals surface area (Å²) in [7, 11) is 0. The molecule has 0 heterocycles. The molecule has 0 fully saturated rings. The van der Waals surface area contributed by atoms with Crippen LogP contribution >= 0.6 is 23.2 Å². The number of anilines is 1. The molecule has 0 radical (unpaired) electrons. The van der Waals surface area contributed by atoms with E-state index in [1.165, 1.54) is 6.07 Å². The van der Waals surface area contributed by atoms with Crippen molar-refractivity contribution in [1.29, 1.82) is 0 Å². The molecule has 0 aliphatic carbocycles. The molecular weight excluding hydrogens is 203 g/mol. The number of phenolic OH excluding ortho intramolecular Hbond substituents is 1. The highest BCUT2D eigenvalue weighted by molar-refractivity contribution is 6.44. The van der Waals surface area contributed by atoms with Crippen LogP contribution in [0.25, 0.3) is 0 Å². The van der Waals surface area contributed by atoms with E-state index in [9.17, 15) is 0 Å². The summed E-state index contributed by atoms with van der Waals surface area (Å²) in [6.45, 7) is 0. The van der Waals surface area contributed by atoms with Crippen LogP contribution in [0.3, 0.4) is 0 Å². The minimum atomic E-state index is -0.208. The number of hydrogen-bond acceptors (Lipinski definition) is 4. The van der Waals surface area contributed by atoms with Gasteiger partial charge in [-0.15, -0.1) is 0 Å². The number of phenols is 1. The van der Waals surface area contributed by atoms with Crippen molar-refractivity contribution in [3.05, 3.63) is 16.1 Å². The van der Waals surface area contributed by atoms with Gasteiger partial charge in [0.2, 0.25) is 0 Å². The number of benzene rings is 1. The normalized spacial score (nSPS) is 9.92. The van der Waals surface area contributed by atoms with Crippen LogP contribution < -0.4 is 16.5 Å². The average molecular weight is 209 g/mol. The minimum absolute atomic E-state index is 0.00309. The van der Waals surface area contributed by atoms with Gasteiger partial charge in [0, 0.05) is 6.07 Å². The molecule has 5 N–H and O–H groups in total. The Bertz CT molecular complexity index is 317. The highest BCUT2D eigenvalue weighted by Gasteiger charge is 2.14. The van der Waals surface area contributed by atoms with Crippen molar-refractivity contribution in [3.63, 3.8) is 0 Å². The number of rotatable bonds is 1. The smallest absolute Gasteiger partial charge is 0.190 e. The molecule has 0 amide bonds. The summed E-state index contributed by atoms with van der Waals surface area (Å²) in [4.78, 5) is 4.36. The summed E-state index contributed by atoms with van der Waals surface area (Å²) in [6.07, 6.45) is 0. The largest absolute Gasteiger partial charge is 0.506 e. The molecule has 1 rings (SSSR count). The molecule has 0 spiro atoms. The fourth-order valence-electron chi connectivity index (χ4n) is 0.735. The lowest BCUT2D eigenvalue weighted by molar-refractivity contribution is 0.336. The third-order valence-electron chi connectivity index (χ3n) is 1.29. The second-order valence-corrected chi connectivity index (χ2v) is 2.82. The maximum absolute atomic E-state index is 9.11. The predicted molar refractivity (Wildman–Crippen MR) is 47.4 cm³/mol. The van der Waals surface area contributed by atoms with Gasteiger partial charge < -0.3 is 15.7 Å². The molecule has 0 aliphatic heterocycles. The van der Waals surface area contributed by atoms with E-state index in [0.29, 0.717) is 0 Å². The quantitative estimate of drug-likeness (QED) is 0.483. The zero-order chi connectivity index (χ0) is 9.30. The van der Waals surface area contributed by atoms with E-state index in [1.54, 1.807) is 0 Å². The zero-order valence-corrected chi connectivity index (χ0v) is 7.36. The Morgan fingerprint density at radius 3 is 2.42 bits per heavy atom. The molecule has 0 atom stereocenters. The summed E-state index contributed by atoms with van der Waals surface area (Å²) in [5.41, 5.74) is 5.52. The van der Waals surface area contributed by atoms with Gasteiger partial charge in [-0.1, -0.05) is 23.2 Å². The summed E-state index contributed by atoms with van der Waals surface area (Å²) in [6, 6.07) is 1.20. The molecule has 12 heavy (non-hydrogen) atoms. The van der Waals surface area contributed by atoms with Gasteiger partial charge in [-0.25, -0.2) is 0 Å². The van der Waals surface area contributed by atoms with Crippen molar-refractivity contribution >= 4 is 28.9 Å². The lowest BCUT2D eigenvalue weighted by Gasteiger charge is -2.07. The summed E-state index contributed by atoms with van der Waals surface area (Å²) in [5, 5.41) is 9.07. The van der Waals surface area contributed by atoms with Crippen molar-refractivity contribution in [2.45, 2.75) is 0 Å². The van der Waals surface area contributed by atoms with Crippen molar-refractivity contribution in [2.24, 2.45) is 5.90 Å². The van der Waals surface area contributed by atoms with Gasteiger partial charge in [0.15, 0.2) is 5.75 Å². The molecule has 0 aliphatic rings. The maximum atomic E-state index is 9.11. The summed E-state index contributed by atoms with van der Waals surface area (Å²) in [5.74, 6) is 4.71. The second-order valence-electron chi connectivity index (χ2n) is 2.06. The Morgan fingerprint density at radius 2 is 1.92 bits per heavy atom. The fourth-order valence-corrected chi connectivity index (χ4v) is 1.13. The van der Waals surface area contributed by atoms with Gasteiger partial charge in [0.05, 0.1) is 5.69 Å². The SMILES string of the molecule is NOc1c(N)cc(O)c(Cl)c1Cl. The third kappa shape index (κ3) is 1.36. The maximum Gasteiger partial charge on any atom is 0.190 e. The number of nitrogen functional groups attached to an aromatic ring is 1. The first-order chi connectivity index (χ1) is 5.57. The van der Waals surface area contributed by atoms with Gasteiger partial charge in [-0.3, -0.25) is 0 Å². The highest BCUT2D eigenvalue weighted by atomic mass is 35.5. The predicted octanol–water partition coefficient (Wildman–Crippen LogP) is 1.53. The Labute approximate surface area is 78.6 Å². The van der Waals surface area contributed by atoms with Gasteiger partial charge in [0.1, 0.15) is 15.8 Å². The fraction of sp³-hybridized carbons (Fsp3) is 0. The highest BCUT2D eigenvalue weighted by Crippen LogP contribution is 2.41. The molecule has 66 valence electrons. The molecule has 0 saturated heterocycles. The van der Waals surface area contributed by atoms with Crippen LogP contribution in [0.2, 0.25) is 10.0 Å². The summed E-state index contributed by atoms with van der Waals surface area (Å²) >= 11 is 11.2. The Morgan fingerprint density at radius 1 is 1.33 bits per heavy atom. The van der Waals surface area contributed by atoms with Gasteiger partial charge in [-0.2, -0.15) is 5.90 Å². The van der Waals surface area contributed by atoms with Crippen LogP contribution in [0.4, 0.5) is 5.69 Å². The van der Waals surface area contributed by atoms with Gasteiger partial charge >= 0.3 is 0 Å². The molecule has 0 saturated carbocycles. The standard InChI is InChI=1S/C6H6Cl2N2O2/c7-4-3(11)1-2(9)6(12-10)5(4)8/h1,11H,9-10H2. The average Bonchev–Trinajstić information content (AvgIpc) is 2.01. The van der Waals surface area contributed by atoms with E-state index in [2.05, 4.69) is 4.84 Å². The first kappa shape index (κ1) is 9.25. The first-order valence-electron chi connectivity index (χ1n) is 2.91. The molecule has 0 unspecified atom stereocenters. The Hall–Kier alpha value is -0.840. The summed E-state index contributed by atoms with van der Waals surface area (Å²) < 4.78 is 0. The van der Waals surface area contributed by atoms with Crippen molar-refractivity contribution in [3.8, 4) is 11.5 Å². The van der Waals surface area contributed by atoms with Crippen LogP contribution in [0.1, 0.15) is 0 Å². The van der Waals surface area contributed by atoms with E-state index < -0.39 is 0 Å². The molecule has 0 aromatic heterocycles. The van der Waals surface area contributed by atoms with E-state index in [0.717, 1.165) is 0 Å². The number of halogens is 2. The van der Waals surface area contributed by atoms with Crippen molar-refractivity contribution in [1.82, 2.24) is 0 Å². The number of hydrogen-bond donors (Lipinski definition) is 3. The van der Waals surface area contributed by atoms with Crippen molar-refractivity contribution < 1.29 is 9.94 Å². The van der Waals surface area contributed by atoms with Crippen LogP contribution in [0.15, 0.2) is 6.07 Å². The zero-order valence-electron chi connectivity index (χ0n) is 5.84. The van der Waals surface area contributed by atoms with Gasteiger partial charge in [-0.05, 0) is 0 Å². The molecule has 1 aromatic carbocycles. The third-order valence-corrected chi connectivity index (χ3v) is 2.13. The lowest BCUT2D eigenvalue weighted by atomic mass is 10.3. The second kappa shape index (κ2) is 3.26. The topological polar surface area (TPSA) is 81.5 Å². The Kier molecular flexibility index (Phi) is 2.52. The minimum Gasteiger partial charge on any atom is -0.506 e. The Balaban J connectivity index is 3.40. The molecule has 0 bridgehead atoms. The number of nitrogens with two attached hydrogens (primary N) is 2. The van der Waals surface area contributed by atoms with E-state index in [1.807, 2.05) is 0 Å². The molecule has 1 aromatic rings. The van der Waals surface area contributed by atoms with E-state index >= 15 is 0 Å². The van der Waals surface area contributed by atoms with Crippen molar-refractivity contribution in [2.75, 3.05) is 5.73 Å². The van der Waals surface area contributed by atoms with E-state index in [4.69, 9.17) is 39.9 Å². The molecular formula is C6H6Cl2N2O2. The monoisotopic (exact) mass is 208 g/mol. The van der Waals surface area contributed by atoms with E-state index in [-0.39, 0.29) is 27.2 Å². The van der Waals surface area contributed by atoms with Crippen LogP contribution in [-0.2, 0) is 0 Å². The molecule has 6 heteroatoms.